The van der Waals surface area contributed by atoms with Crippen molar-refractivity contribution in [1.29, 1.82) is 0 Å². The van der Waals surface area contributed by atoms with Gasteiger partial charge >= 0.3 is 0 Å². The highest BCUT2D eigenvalue weighted by Crippen LogP contribution is 2.30. The number of benzene rings is 2. The van der Waals surface area contributed by atoms with Crippen LogP contribution in [0, 0.1) is 17.5 Å². The Morgan fingerprint density at radius 2 is 1.68 bits per heavy atom. The van der Waals surface area contributed by atoms with Gasteiger partial charge in [-0.1, -0.05) is 11.6 Å². The van der Waals surface area contributed by atoms with Gasteiger partial charge in [-0.15, -0.1) is 0 Å². The van der Waals surface area contributed by atoms with E-state index in [-0.39, 0.29) is 16.3 Å². The van der Waals surface area contributed by atoms with Gasteiger partial charge in [0.1, 0.15) is 5.82 Å². The van der Waals surface area contributed by atoms with Gasteiger partial charge in [0, 0.05) is 13.1 Å². The molecule has 1 aliphatic heterocycles. The molecule has 0 radical (unpaired) electrons. The zero-order chi connectivity index (χ0) is 18.0. The Kier molecular flexibility index (Phi) is 5.18. The van der Waals surface area contributed by atoms with Crippen LogP contribution in [0.15, 0.2) is 30.3 Å². The smallest absolute Gasteiger partial charge is 0.257 e. The second-order valence-corrected chi connectivity index (χ2v) is 6.32. The van der Waals surface area contributed by atoms with Crippen LogP contribution >= 0.6 is 11.6 Å². The summed E-state index contributed by atoms with van der Waals surface area (Å²) < 4.78 is 40.2. The molecule has 0 aromatic heterocycles. The van der Waals surface area contributed by atoms with Crippen LogP contribution in [0.2, 0.25) is 5.02 Å². The van der Waals surface area contributed by atoms with Crippen molar-refractivity contribution < 1.29 is 18.0 Å². The monoisotopic (exact) mass is 368 g/mol. The summed E-state index contributed by atoms with van der Waals surface area (Å²) in [5.41, 5.74) is 0.746. The first kappa shape index (κ1) is 17.6. The molecule has 25 heavy (non-hydrogen) atoms. The maximum Gasteiger partial charge on any atom is 0.257 e. The number of rotatable bonds is 3. The van der Waals surface area contributed by atoms with Crippen molar-refractivity contribution in [3.05, 3.63) is 58.4 Å². The van der Waals surface area contributed by atoms with Crippen LogP contribution < -0.4 is 10.2 Å². The van der Waals surface area contributed by atoms with Crippen LogP contribution in [0.5, 0.6) is 0 Å². The lowest BCUT2D eigenvalue weighted by molar-refractivity contribution is 0.102. The van der Waals surface area contributed by atoms with E-state index in [1.807, 2.05) is 0 Å². The van der Waals surface area contributed by atoms with Gasteiger partial charge in [-0.25, -0.2) is 13.2 Å². The van der Waals surface area contributed by atoms with Crippen molar-refractivity contribution in [2.24, 2.45) is 0 Å². The summed E-state index contributed by atoms with van der Waals surface area (Å²) in [6.45, 7) is 1.61. The fourth-order valence-electron chi connectivity index (χ4n) is 2.91. The van der Waals surface area contributed by atoms with E-state index in [0.29, 0.717) is 5.69 Å². The van der Waals surface area contributed by atoms with Crippen LogP contribution in [0.1, 0.15) is 29.6 Å². The summed E-state index contributed by atoms with van der Waals surface area (Å²) in [5, 5.41) is 2.34. The van der Waals surface area contributed by atoms with Gasteiger partial charge in [0.15, 0.2) is 11.6 Å². The Bertz CT molecular complexity index is 807. The normalized spacial score (nSPS) is 14.5. The average molecular weight is 369 g/mol. The van der Waals surface area contributed by atoms with E-state index in [4.69, 9.17) is 11.6 Å². The minimum absolute atomic E-state index is 0.213. The number of anilines is 2. The molecule has 0 saturated carbocycles. The lowest BCUT2D eigenvalue weighted by atomic mass is 10.1. The van der Waals surface area contributed by atoms with Gasteiger partial charge in [0.2, 0.25) is 0 Å². The summed E-state index contributed by atoms with van der Waals surface area (Å²) in [7, 11) is 0. The number of halogens is 4. The quantitative estimate of drug-likeness (QED) is 0.773. The van der Waals surface area contributed by atoms with Gasteiger partial charge in [0.25, 0.3) is 5.91 Å². The van der Waals surface area contributed by atoms with Crippen LogP contribution in [0.3, 0.4) is 0 Å². The molecule has 132 valence electrons. The highest BCUT2D eigenvalue weighted by Gasteiger charge is 2.19. The molecule has 0 bridgehead atoms. The minimum Gasteiger partial charge on any atom is -0.370 e. The third kappa shape index (κ3) is 3.90. The van der Waals surface area contributed by atoms with Crippen molar-refractivity contribution in [3.63, 3.8) is 0 Å². The average Bonchev–Trinajstić information content (AvgIpc) is 2.59. The molecule has 1 saturated heterocycles. The summed E-state index contributed by atoms with van der Waals surface area (Å²) in [5.74, 6) is -3.55. The van der Waals surface area contributed by atoms with Crippen LogP contribution in [-0.2, 0) is 0 Å². The van der Waals surface area contributed by atoms with Crippen molar-refractivity contribution in [2.75, 3.05) is 23.3 Å². The molecule has 7 heteroatoms. The molecule has 2 aromatic rings. The standard InChI is InChI=1S/C18H16ClF3N2O/c19-13-10-15(22)14(21)9-12(13)18(25)23-16-8-11(20)4-5-17(16)24-6-2-1-3-7-24/h4-5,8-10H,1-3,6-7H2,(H,23,25). The van der Waals surface area contributed by atoms with E-state index in [2.05, 4.69) is 10.2 Å². The summed E-state index contributed by atoms with van der Waals surface area (Å²) >= 11 is 5.83. The first-order valence-corrected chi connectivity index (χ1v) is 8.34. The van der Waals surface area contributed by atoms with Crippen molar-refractivity contribution in [3.8, 4) is 0 Å². The predicted molar refractivity (Wildman–Crippen MR) is 91.8 cm³/mol. The first-order chi connectivity index (χ1) is 12.0. The Morgan fingerprint density at radius 3 is 2.40 bits per heavy atom. The lowest BCUT2D eigenvalue weighted by Crippen LogP contribution is -2.30. The fourth-order valence-corrected chi connectivity index (χ4v) is 3.14. The topological polar surface area (TPSA) is 32.3 Å². The molecule has 1 amide bonds. The number of carbonyl (C=O) groups excluding carboxylic acids is 1. The van der Waals surface area contributed by atoms with E-state index in [9.17, 15) is 18.0 Å². The molecule has 1 aliphatic rings. The zero-order valence-corrected chi connectivity index (χ0v) is 14.0. The van der Waals surface area contributed by atoms with E-state index < -0.39 is 23.4 Å². The third-order valence-electron chi connectivity index (χ3n) is 4.16. The number of nitrogens with one attached hydrogen (secondary N) is 1. The molecule has 1 N–H and O–H groups in total. The van der Waals surface area contributed by atoms with Crippen LogP contribution in [-0.4, -0.2) is 19.0 Å². The Hall–Kier alpha value is -2.21. The Balaban J connectivity index is 1.90. The van der Waals surface area contributed by atoms with Crippen LogP contribution in [0.25, 0.3) is 0 Å². The summed E-state index contributed by atoms with van der Waals surface area (Å²) in [6, 6.07) is 5.60. The summed E-state index contributed by atoms with van der Waals surface area (Å²) in [6.07, 6.45) is 3.16. The number of amides is 1. The second kappa shape index (κ2) is 7.35. The molecule has 0 spiro atoms. The number of nitrogens with zero attached hydrogens (tertiary/aromatic N) is 1. The Labute approximate surface area is 148 Å². The molecular weight excluding hydrogens is 353 g/mol. The largest absolute Gasteiger partial charge is 0.370 e. The number of hydrogen-bond acceptors (Lipinski definition) is 2. The van der Waals surface area contributed by atoms with Gasteiger partial charge in [-0.2, -0.15) is 0 Å². The molecule has 0 atom stereocenters. The third-order valence-corrected chi connectivity index (χ3v) is 4.47. The minimum atomic E-state index is -1.18. The second-order valence-electron chi connectivity index (χ2n) is 5.91. The van der Waals surface area contributed by atoms with Gasteiger partial charge in [-0.05, 0) is 49.6 Å². The van der Waals surface area contributed by atoms with E-state index in [0.717, 1.165) is 44.5 Å². The highest BCUT2D eigenvalue weighted by molar-refractivity contribution is 6.34. The SMILES string of the molecule is O=C(Nc1cc(F)ccc1N1CCCCC1)c1cc(F)c(F)cc1Cl. The number of piperidine rings is 1. The number of hydrogen-bond donors (Lipinski definition) is 1. The van der Waals surface area contributed by atoms with Gasteiger partial charge in [-0.3, -0.25) is 4.79 Å². The Morgan fingerprint density at radius 1 is 1.00 bits per heavy atom. The molecule has 1 fully saturated rings. The molecule has 2 aromatic carbocycles. The maximum atomic E-state index is 13.7. The van der Waals surface area contributed by atoms with Crippen molar-refractivity contribution >= 4 is 28.9 Å². The molecular formula is C18H16ClF3N2O. The maximum absolute atomic E-state index is 13.7. The lowest BCUT2D eigenvalue weighted by Gasteiger charge is -2.30. The highest BCUT2D eigenvalue weighted by atomic mass is 35.5. The van der Waals surface area contributed by atoms with Gasteiger partial charge in [0.05, 0.1) is 22.0 Å². The molecule has 3 nitrogen and oxygen atoms in total. The van der Waals surface area contributed by atoms with E-state index in [1.54, 1.807) is 6.07 Å². The summed E-state index contributed by atoms with van der Waals surface area (Å²) in [4.78, 5) is 14.5. The zero-order valence-electron chi connectivity index (χ0n) is 13.3. The fraction of sp³-hybridized carbons (Fsp3) is 0.278. The van der Waals surface area contributed by atoms with Gasteiger partial charge < -0.3 is 10.2 Å². The number of carbonyl (C=O) groups is 1. The molecule has 0 aliphatic carbocycles. The van der Waals surface area contributed by atoms with E-state index in [1.165, 1.54) is 12.1 Å². The predicted octanol–water partition coefficient (Wildman–Crippen LogP) is 5.00. The van der Waals surface area contributed by atoms with E-state index >= 15 is 0 Å². The first-order valence-electron chi connectivity index (χ1n) is 7.96. The molecule has 3 rings (SSSR count). The molecule has 1 heterocycles. The van der Waals surface area contributed by atoms with Crippen molar-refractivity contribution in [2.45, 2.75) is 19.3 Å². The van der Waals surface area contributed by atoms with Crippen molar-refractivity contribution in [1.82, 2.24) is 0 Å². The van der Waals surface area contributed by atoms with Crippen LogP contribution in [0.4, 0.5) is 24.5 Å². The molecule has 0 unspecified atom stereocenters.